The van der Waals surface area contributed by atoms with Gasteiger partial charge in [-0.15, -0.1) is 11.3 Å². The van der Waals surface area contributed by atoms with Crippen LogP contribution in [0.1, 0.15) is 34.1 Å². The molecule has 1 aliphatic heterocycles. The Morgan fingerprint density at radius 2 is 2.04 bits per heavy atom. The highest BCUT2D eigenvalue weighted by Crippen LogP contribution is 2.31. The smallest absolute Gasteiger partial charge is 0.338 e. The van der Waals surface area contributed by atoms with Crippen molar-refractivity contribution in [3.05, 3.63) is 52.4 Å². The Labute approximate surface area is 158 Å². The third-order valence-electron chi connectivity index (χ3n) is 4.76. The lowest BCUT2D eigenvalue weighted by atomic mass is 9.95. The monoisotopic (exact) mass is 393 g/mol. The fourth-order valence-corrected chi connectivity index (χ4v) is 6.30. The summed E-state index contributed by atoms with van der Waals surface area (Å²) < 4.78 is 32.5. The number of benzene rings is 1. The first-order chi connectivity index (χ1) is 12.5. The van der Waals surface area contributed by atoms with Gasteiger partial charge in [-0.05, 0) is 48.9 Å². The van der Waals surface area contributed by atoms with Gasteiger partial charge in [0.15, 0.2) is 0 Å². The molecule has 26 heavy (non-hydrogen) atoms. The van der Waals surface area contributed by atoms with E-state index < -0.39 is 10.0 Å². The van der Waals surface area contributed by atoms with Gasteiger partial charge in [0.05, 0.1) is 12.7 Å². The van der Waals surface area contributed by atoms with Gasteiger partial charge in [0.1, 0.15) is 4.21 Å². The summed E-state index contributed by atoms with van der Waals surface area (Å²) in [6, 6.07) is 11.0. The first-order valence-electron chi connectivity index (χ1n) is 8.70. The maximum Gasteiger partial charge on any atom is 0.338 e. The van der Waals surface area contributed by atoms with Crippen molar-refractivity contribution in [1.82, 2.24) is 4.31 Å². The number of hydrogen-bond acceptors (Lipinski definition) is 5. The zero-order valence-corrected chi connectivity index (χ0v) is 16.6. The second-order valence-corrected chi connectivity index (χ2v) is 9.78. The number of thiophene rings is 1. The van der Waals surface area contributed by atoms with E-state index in [0.29, 0.717) is 29.3 Å². The number of methoxy groups -OCH3 is 1. The summed E-state index contributed by atoms with van der Waals surface area (Å²) >= 11 is 1.35. The van der Waals surface area contributed by atoms with E-state index in [4.69, 9.17) is 4.74 Å². The minimum atomic E-state index is -3.42. The zero-order chi connectivity index (χ0) is 18.7. The maximum atomic E-state index is 12.8. The number of carbonyl (C=O) groups excluding carboxylic acids is 1. The molecule has 0 aliphatic carbocycles. The molecule has 1 aromatic carbocycles. The lowest BCUT2D eigenvalue weighted by Crippen LogP contribution is -2.28. The lowest BCUT2D eigenvalue weighted by Gasteiger charge is -2.16. The molecular weight excluding hydrogens is 370 g/mol. The topological polar surface area (TPSA) is 63.7 Å². The SMILES string of the molecule is CCc1ccc(S(=O)(=O)N2CCC(Cc3ccccc3C(=O)OC)C2)s1. The van der Waals surface area contributed by atoms with E-state index in [0.717, 1.165) is 23.3 Å². The summed E-state index contributed by atoms with van der Waals surface area (Å²) in [7, 11) is -2.05. The fourth-order valence-electron chi connectivity index (χ4n) is 3.31. The Kier molecular flexibility index (Phi) is 5.79. The summed E-state index contributed by atoms with van der Waals surface area (Å²) in [6.45, 7) is 3.02. The van der Waals surface area contributed by atoms with Gasteiger partial charge in [0.25, 0.3) is 10.0 Å². The molecule has 1 unspecified atom stereocenters. The first kappa shape index (κ1) is 19.1. The van der Waals surface area contributed by atoms with E-state index in [1.54, 1.807) is 16.4 Å². The Morgan fingerprint density at radius 1 is 1.27 bits per heavy atom. The van der Waals surface area contributed by atoms with Crippen LogP contribution in [0.25, 0.3) is 0 Å². The molecular formula is C19H23NO4S2. The highest BCUT2D eigenvalue weighted by atomic mass is 32.2. The predicted octanol–water partition coefficient (Wildman–Crippen LogP) is 3.35. The number of rotatable bonds is 6. The highest BCUT2D eigenvalue weighted by molar-refractivity contribution is 7.91. The standard InChI is InChI=1S/C19H23NO4S2/c1-3-16-8-9-18(25-16)26(22,23)20-11-10-14(13-20)12-15-6-4-5-7-17(15)19(21)24-2/h4-9,14H,3,10-13H2,1-2H3. The minimum absolute atomic E-state index is 0.196. The van der Waals surface area contributed by atoms with Gasteiger partial charge in [0, 0.05) is 18.0 Å². The summed E-state index contributed by atoms with van der Waals surface area (Å²) in [4.78, 5) is 13.0. The van der Waals surface area contributed by atoms with Gasteiger partial charge in [-0.25, -0.2) is 13.2 Å². The van der Waals surface area contributed by atoms with E-state index >= 15 is 0 Å². The molecule has 7 heteroatoms. The lowest BCUT2D eigenvalue weighted by molar-refractivity contribution is 0.0599. The van der Waals surface area contributed by atoms with Crippen molar-refractivity contribution in [3.63, 3.8) is 0 Å². The average molecular weight is 394 g/mol. The van der Waals surface area contributed by atoms with Gasteiger partial charge in [-0.1, -0.05) is 25.1 Å². The number of ether oxygens (including phenoxy) is 1. The second kappa shape index (κ2) is 7.90. The van der Waals surface area contributed by atoms with Crippen LogP contribution in [0.15, 0.2) is 40.6 Å². The van der Waals surface area contributed by atoms with E-state index in [1.165, 1.54) is 18.4 Å². The number of nitrogens with zero attached hydrogens (tertiary/aromatic N) is 1. The van der Waals surface area contributed by atoms with Crippen LogP contribution in [-0.2, 0) is 27.6 Å². The molecule has 1 fully saturated rings. The van der Waals surface area contributed by atoms with Crippen LogP contribution in [0.3, 0.4) is 0 Å². The summed E-state index contributed by atoms with van der Waals surface area (Å²) in [5, 5.41) is 0. The van der Waals surface area contributed by atoms with E-state index in [2.05, 4.69) is 0 Å². The molecule has 140 valence electrons. The molecule has 0 bridgehead atoms. The van der Waals surface area contributed by atoms with Gasteiger partial charge in [0.2, 0.25) is 0 Å². The quantitative estimate of drug-likeness (QED) is 0.706. The van der Waals surface area contributed by atoms with Crippen LogP contribution in [0.2, 0.25) is 0 Å². The molecule has 2 aromatic rings. The molecule has 1 aliphatic rings. The average Bonchev–Trinajstić information content (AvgIpc) is 3.31. The van der Waals surface area contributed by atoms with Crippen LogP contribution in [0, 0.1) is 5.92 Å². The Morgan fingerprint density at radius 3 is 2.73 bits per heavy atom. The molecule has 3 rings (SSSR count). The minimum Gasteiger partial charge on any atom is -0.465 e. The number of hydrogen-bond donors (Lipinski definition) is 0. The van der Waals surface area contributed by atoms with Crippen molar-refractivity contribution < 1.29 is 17.9 Å². The third kappa shape index (κ3) is 3.84. The number of aryl methyl sites for hydroxylation is 1. The molecule has 1 aromatic heterocycles. The molecule has 0 N–H and O–H groups in total. The fraction of sp³-hybridized carbons (Fsp3) is 0.421. The molecule has 0 spiro atoms. The molecule has 1 atom stereocenters. The Balaban J connectivity index is 1.72. The van der Waals surface area contributed by atoms with Crippen molar-refractivity contribution in [2.45, 2.75) is 30.4 Å². The predicted molar refractivity (Wildman–Crippen MR) is 102 cm³/mol. The van der Waals surface area contributed by atoms with Gasteiger partial charge >= 0.3 is 5.97 Å². The summed E-state index contributed by atoms with van der Waals surface area (Å²) in [6.07, 6.45) is 2.30. The van der Waals surface area contributed by atoms with Crippen LogP contribution in [0.5, 0.6) is 0 Å². The molecule has 0 saturated carbocycles. The van der Waals surface area contributed by atoms with Crippen molar-refractivity contribution in [1.29, 1.82) is 0 Å². The molecule has 0 amide bonds. The largest absolute Gasteiger partial charge is 0.465 e. The van der Waals surface area contributed by atoms with Crippen molar-refractivity contribution >= 4 is 27.3 Å². The Bertz CT molecular complexity index is 888. The maximum absolute atomic E-state index is 12.8. The van der Waals surface area contributed by atoms with Crippen molar-refractivity contribution in [3.8, 4) is 0 Å². The highest BCUT2D eigenvalue weighted by Gasteiger charge is 2.33. The van der Waals surface area contributed by atoms with E-state index in [-0.39, 0.29) is 11.9 Å². The van der Waals surface area contributed by atoms with Crippen LogP contribution < -0.4 is 0 Å². The molecule has 0 radical (unpaired) electrons. The van der Waals surface area contributed by atoms with Gasteiger partial charge in [-0.2, -0.15) is 4.31 Å². The van der Waals surface area contributed by atoms with Crippen molar-refractivity contribution in [2.24, 2.45) is 5.92 Å². The summed E-state index contributed by atoms with van der Waals surface area (Å²) in [5.41, 5.74) is 1.47. The van der Waals surface area contributed by atoms with Gasteiger partial charge < -0.3 is 4.74 Å². The van der Waals surface area contributed by atoms with E-state index in [1.807, 2.05) is 31.2 Å². The van der Waals surface area contributed by atoms with Crippen LogP contribution >= 0.6 is 11.3 Å². The van der Waals surface area contributed by atoms with Crippen LogP contribution in [0.4, 0.5) is 0 Å². The molecule has 1 saturated heterocycles. The Hall–Kier alpha value is -1.70. The van der Waals surface area contributed by atoms with Gasteiger partial charge in [-0.3, -0.25) is 0 Å². The third-order valence-corrected chi connectivity index (χ3v) is 8.32. The van der Waals surface area contributed by atoms with Crippen LogP contribution in [-0.4, -0.2) is 38.9 Å². The van der Waals surface area contributed by atoms with Crippen molar-refractivity contribution in [2.75, 3.05) is 20.2 Å². The molecule has 2 heterocycles. The zero-order valence-electron chi connectivity index (χ0n) is 15.0. The number of esters is 1. The second-order valence-electron chi connectivity index (χ2n) is 6.44. The first-order valence-corrected chi connectivity index (χ1v) is 11.0. The summed E-state index contributed by atoms with van der Waals surface area (Å²) in [5.74, 6) is -0.157. The molecule has 5 nitrogen and oxygen atoms in total. The number of carbonyl (C=O) groups is 1. The normalized spacial score (nSPS) is 18.2. The van der Waals surface area contributed by atoms with E-state index in [9.17, 15) is 13.2 Å². The number of sulfonamides is 1.